The smallest absolute Gasteiger partial charge is 0.276 e. The molecule has 4 heterocycles. The second-order valence-electron chi connectivity index (χ2n) is 18.0. The van der Waals surface area contributed by atoms with Crippen molar-refractivity contribution in [3.05, 3.63) is 83.5 Å². The highest BCUT2D eigenvalue weighted by Crippen LogP contribution is 2.31. The maximum atomic E-state index is 13.8. The summed E-state index contributed by atoms with van der Waals surface area (Å²) in [6.07, 6.45) is 3.92. The Bertz CT molecular complexity index is 2540. The lowest BCUT2D eigenvalue weighted by Gasteiger charge is -2.24. The quantitative estimate of drug-likeness (QED) is 0.0852. The van der Waals surface area contributed by atoms with E-state index in [9.17, 15) is 19.2 Å². The van der Waals surface area contributed by atoms with Gasteiger partial charge < -0.3 is 29.6 Å². The van der Waals surface area contributed by atoms with Gasteiger partial charge in [-0.2, -0.15) is 10.2 Å². The topological polar surface area (TPSA) is 194 Å². The molecule has 340 valence electrons. The summed E-state index contributed by atoms with van der Waals surface area (Å²) in [6.45, 7) is 21.0. The SMILES string of the molecule is CCn1nc(C)cc1C(=O)Nc1nc2c(N(C)CC(=O)NC(C)(C)C)cccc2n1C/C=C/Cn1c(NC(=O)c2cc(C)nn2CC)nc2c(N(C)CC(=O)NC(C)(C)C)cccc21. The van der Waals surface area contributed by atoms with Crippen LogP contribution in [0.4, 0.5) is 23.3 Å². The van der Waals surface area contributed by atoms with Gasteiger partial charge in [0.1, 0.15) is 22.4 Å². The Hall–Kier alpha value is -6.98. The van der Waals surface area contributed by atoms with Gasteiger partial charge >= 0.3 is 0 Å². The molecule has 18 nitrogen and oxygen atoms in total. The van der Waals surface area contributed by atoms with Crippen molar-refractivity contribution in [1.82, 2.24) is 49.3 Å². The minimum Gasteiger partial charge on any atom is -0.363 e. The van der Waals surface area contributed by atoms with Crippen molar-refractivity contribution < 1.29 is 19.2 Å². The van der Waals surface area contributed by atoms with Crippen LogP contribution in [0.15, 0.2) is 60.7 Å². The molecule has 0 radical (unpaired) electrons. The Morgan fingerprint density at radius 2 is 1.00 bits per heavy atom. The predicted octanol–water partition coefficient (Wildman–Crippen LogP) is 5.90. The van der Waals surface area contributed by atoms with Gasteiger partial charge in [0.05, 0.1) is 46.9 Å². The van der Waals surface area contributed by atoms with Gasteiger partial charge in [-0.15, -0.1) is 0 Å². The van der Waals surface area contributed by atoms with E-state index in [1.807, 2.05) is 151 Å². The number of rotatable bonds is 16. The van der Waals surface area contributed by atoms with Gasteiger partial charge in [-0.1, -0.05) is 24.3 Å². The molecule has 4 aromatic heterocycles. The number of anilines is 4. The van der Waals surface area contributed by atoms with E-state index in [1.54, 1.807) is 21.5 Å². The average Bonchev–Trinajstić information content (AvgIpc) is 3.96. The van der Waals surface area contributed by atoms with E-state index < -0.39 is 11.1 Å². The molecule has 0 saturated heterocycles. The number of amides is 4. The zero-order valence-electron chi connectivity index (χ0n) is 39.1. The lowest BCUT2D eigenvalue weighted by molar-refractivity contribution is -0.122. The number of hydrogen-bond acceptors (Lipinski definition) is 10. The number of fused-ring (bicyclic) bond motifs is 2. The van der Waals surface area contributed by atoms with Crippen LogP contribution in [0.1, 0.15) is 87.8 Å². The van der Waals surface area contributed by atoms with Crippen molar-refractivity contribution in [2.45, 2.75) is 106 Å². The van der Waals surface area contributed by atoms with Crippen molar-refractivity contribution >= 4 is 69.0 Å². The standard InChI is InChI=1S/C46H62N14O4/c1-13-59-35(25-29(3)53-59)41(63)49-43-47-39-31(55(11)27-37(61)51-45(5,6)7)19-17-21-33(39)57(43)23-15-16-24-58-34-22-18-20-32(56(12)28-38(62)52-46(8,9)10)40(34)48-44(58)50-42(64)36-26-30(4)54-60(36)14-2/h15-22,25-26H,13-14,23-24,27-28H2,1-12H3,(H,51,61)(H,52,62)(H,47,49,63)(H,48,50,64)/b16-15+. The normalized spacial score (nSPS) is 12.0. The molecule has 0 bridgehead atoms. The molecule has 2 aromatic carbocycles. The van der Waals surface area contributed by atoms with E-state index in [4.69, 9.17) is 9.97 Å². The number of nitrogens with zero attached hydrogens (tertiary/aromatic N) is 10. The summed E-state index contributed by atoms with van der Waals surface area (Å²) in [5, 5.41) is 21.0. The second-order valence-corrected chi connectivity index (χ2v) is 18.0. The Morgan fingerprint density at radius 1 is 0.625 bits per heavy atom. The van der Waals surface area contributed by atoms with E-state index in [1.165, 1.54) is 0 Å². The number of aromatic nitrogens is 8. The molecule has 6 aromatic rings. The fraction of sp³-hybridized carbons (Fsp3) is 0.435. The molecular formula is C46H62N14O4. The third-order valence-corrected chi connectivity index (χ3v) is 10.2. The first-order valence-electron chi connectivity index (χ1n) is 21.6. The maximum Gasteiger partial charge on any atom is 0.276 e. The molecule has 18 heteroatoms. The van der Waals surface area contributed by atoms with Gasteiger partial charge in [0.2, 0.25) is 23.7 Å². The zero-order valence-corrected chi connectivity index (χ0v) is 39.1. The van der Waals surface area contributed by atoms with Crippen LogP contribution < -0.4 is 31.1 Å². The number of allylic oxidation sites excluding steroid dienone is 2. The summed E-state index contributed by atoms with van der Waals surface area (Å²) in [5.41, 5.74) is 5.61. The Labute approximate surface area is 374 Å². The maximum absolute atomic E-state index is 13.8. The molecule has 0 fully saturated rings. The largest absolute Gasteiger partial charge is 0.363 e. The number of imidazole rings is 2. The Balaban J connectivity index is 1.36. The predicted molar refractivity (Wildman–Crippen MR) is 252 cm³/mol. The zero-order chi connectivity index (χ0) is 46.7. The van der Waals surface area contributed by atoms with Crippen LogP contribution in [-0.4, -0.2) is 101 Å². The molecular weight excluding hydrogens is 813 g/mol. The number of hydrogen-bond donors (Lipinski definition) is 4. The van der Waals surface area contributed by atoms with E-state index in [0.29, 0.717) is 60.5 Å². The minimum atomic E-state index is -0.394. The lowest BCUT2D eigenvalue weighted by atomic mass is 10.1. The van der Waals surface area contributed by atoms with Gasteiger partial charge in [-0.05, 0) is 106 Å². The van der Waals surface area contributed by atoms with E-state index in [2.05, 4.69) is 31.5 Å². The molecule has 4 amide bonds. The van der Waals surface area contributed by atoms with Crippen molar-refractivity contribution in [1.29, 1.82) is 0 Å². The van der Waals surface area contributed by atoms with Gasteiger partial charge in [0.25, 0.3) is 11.8 Å². The fourth-order valence-corrected chi connectivity index (χ4v) is 7.59. The highest BCUT2D eigenvalue weighted by atomic mass is 16.2. The molecule has 0 saturated carbocycles. The van der Waals surface area contributed by atoms with Crippen LogP contribution in [0.2, 0.25) is 0 Å². The highest BCUT2D eigenvalue weighted by Gasteiger charge is 2.24. The third kappa shape index (κ3) is 10.8. The molecule has 6 rings (SSSR count). The van der Waals surface area contributed by atoms with Crippen LogP contribution in [-0.2, 0) is 35.8 Å². The van der Waals surface area contributed by atoms with Crippen molar-refractivity contribution in [3.63, 3.8) is 0 Å². The van der Waals surface area contributed by atoms with Crippen LogP contribution in [0.5, 0.6) is 0 Å². The summed E-state index contributed by atoms with van der Waals surface area (Å²) in [5.74, 6) is -0.349. The summed E-state index contributed by atoms with van der Waals surface area (Å²) in [4.78, 5) is 67.2. The molecule has 0 spiro atoms. The van der Waals surface area contributed by atoms with Crippen LogP contribution in [0.3, 0.4) is 0 Å². The van der Waals surface area contributed by atoms with Gasteiger partial charge in [0.15, 0.2) is 0 Å². The number of likely N-dealkylation sites (N-methyl/N-ethyl adjacent to an activating group) is 2. The number of aryl methyl sites for hydroxylation is 4. The number of nitrogens with one attached hydrogen (secondary N) is 4. The molecule has 0 aliphatic rings. The first kappa shape index (κ1) is 46.5. The van der Waals surface area contributed by atoms with E-state index >= 15 is 0 Å². The highest BCUT2D eigenvalue weighted by molar-refractivity contribution is 6.05. The number of carbonyl (C=O) groups is 4. The van der Waals surface area contributed by atoms with Crippen LogP contribution in [0, 0.1) is 13.8 Å². The lowest BCUT2D eigenvalue weighted by Crippen LogP contribution is -2.45. The minimum absolute atomic E-state index is 0.0968. The number of benzene rings is 2. The summed E-state index contributed by atoms with van der Waals surface area (Å²) in [7, 11) is 3.67. The van der Waals surface area contributed by atoms with Gasteiger partial charge in [-0.25, -0.2) is 9.97 Å². The van der Waals surface area contributed by atoms with Crippen molar-refractivity contribution in [3.8, 4) is 0 Å². The Morgan fingerprint density at radius 3 is 1.34 bits per heavy atom. The van der Waals surface area contributed by atoms with Crippen molar-refractivity contribution in [2.24, 2.45) is 0 Å². The Kier molecular flexibility index (Phi) is 13.7. The van der Waals surface area contributed by atoms with E-state index in [0.717, 1.165) is 33.8 Å². The number of para-hydroxylation sites is 2. The summed E-state index contributed by atoms with van der Waals surface area (Å²) in [6, 6.07) is 14.9. The summed E-state index contributed by atoms with van der Waals surface area (Å²) >= 11 is 0. The van der Waals surface area contributed by atoms with Gasteiger partial charge in [0, 0.05) is 51.4 Å². The monoisotopic (exact) mass is 875 g/mol. The molecule has 0 aliphatic carbocycles. The van der Waals surface area contributed by atoms with Crippen LogP contribution in [0.25, 0.3) is 22.1 Å². The fourth-order valence-electron chi connectivity index (χ4n) is 7.59. The molecule has 0 atom stereocenters. The average molecular weight is 875 g/mol. The first-order valence-corrected chi connectivity index (χ1v) is 21.6. The summed E-state index contributed by atoms with van der Waals surface area (Å²) < 4.78 is 7.12. The second kappa shape index (κ2) is 18.8. The van der Waals surface area contributed by atoms with Gasteiger partial charge in [-0.3, -0.25) is 39.2 Å². The third-order valence-electron chi connectivity index (χ3n) is 10.2. The molecule has 0 aliphatic heterocycles. The molecule has 0 unspecified atom stereocenters. The van der Waals surface area contributed by atoms with Crippen molar-refractivity contribution in [2.75, 3.05) is 47.6 Å². The molecule has 64 heavy (non-hydrogen) atoms. The first-order chi connectivity index (χ1) is 30.2. The van der Waals surface area contributed by atoms with E-state index in [-0.39, 0.29) is 36.7 Å². The molecule has 4 N–H and O–H groups in total. The number of carbonyl (C=O) groups excluding carboxylic acids is 4. The van der Waals surface area contributed by atoms with Crippen LogP contribution >= 0.6 is 0 Å².